The van der Waals surface area contributed by atoms with Crippen molar-refractivity contribution in [2.24, 2.45) is 0 Å². The van der Waals surface area contributed by atoms with Crippen LogP contribution < -0.4 is 4.74 Å². The van der Waals surface area contributed by atoms with E-state index in [1.807, 2.05) is 6.20 Å². The highest BCUT2D eigenvalue weighted by Gasteiger charge is 2.32. The van der Waals surface area contributed by atoms with E-state index in [2.05, 4.69) is 65.7 Å². The number of para-hydroxylation sites is 1. The number of likely N-dealkylation sites (tertiary alicyclic amines) is 1. The molecule has 3 rings (SSSR count). The van der Waals surface area contributed by atoms with Crippen molar-refractivity contribution in [3.63, 3.8) is 0 Å². The molecule has 1 aliphatic heterocycles. The molecule has 0 saturated carbocycles. The van der Waals surface area contributed by atoms with E-state index in [-0.39, 0.29) is 0 Å². The van der Waals surface area contributed by atoms with Crippen molar-refractivity contribution >= 4 is 0 Å². The number of hydrogen-bond donors (Lipinski definition) is 0. The maximum atomic E-state index is 6.17. The minimum Gasteiger partial charge on any atom is -0.487 e. The standard InChI is InChI=1S/C19H27N3O/c1-4-16-8-6-7-9-18(16)23-17-13-22(14-17)15(3)12-21-11-10-20-19(21)5-2/h6-11,15,17H,4-5,12-14H2,1-3H3. The van der Waals surface area contributed by atoms with E-state index in [4.69, 9.17) is 4.74 Å². The van der Waals surface area contributed by atoms with E-state index in [9.17, 15) is 0 Å². The second-order valence-corrected chi connectivity index (χ2v) is 6.35. The molecule has 0 N–H and O–H groups in total. The summed E-state index contributed by atoms with van der Waals surface area (Å²) in [5, 5.41) is 0. The zero-order chi connectivity index (χ0) is 16.2. The number of hydrogen-bond acceptors (Lipinski definition) is 3. The molecule has 0 aliphatic carbocycles. The van der Waals surface area contributed by atoms with Crippen LogP contribution in [0, 0.1) is 0 Å². The van der Waals surface area contributed by atoms with Gasteiger partial charge in [0.1, 0.15) is 17.7 Å². The molecule has 1 aromatic heterocycles. The summed E-state index contributed by atoms with van der Waals surface area (Å²) in [6.07, 6.45) is 6.30. The summed E-state index contributed by atoms with van der Waals surface area (Å²) in [6, 6.07) is 8.88. The van der Waals surface area contributed by atoms with Gasteiger partial charge in [-0.25, -0.2) is 4.98 Å². The summed E-state index contributed by atoms with van der Waals surface area (Å²) >= 11 is 0. The van der Waals surface area contributed by atoms with Crippen molar-refractivity contribution in [1.82, 2.24) is 14.5 Å². The molecule has 4 heteroatoms. The van der Waals surface area contributed by atoms with Gasteiger partial charge in [-0.2, -0.15) is 0 Å². The first kappa shape index (κ1) is 16.1. The van der Waals surface area contributed by atoms with Crippen molar-refractivity contribution in [2.75, 3.05) is 13.1 Å². The summed E-state index contributed by atoms with van der Waals surface area (Å²) in [6.45, 7) is 9.64. The molecule has 4 nitrogen and oxygen atoms in total. The third kappa shape index (κ3) is 3.58. The first-order chi connectivity index (χ1) is 11.2. The lowest BCUT2D eigenvalue weighted by atomic mass is 10.1. The summed E-state index contributed by atoms with van der Waals surface area (Å²) in [5.41, 5.74) is 1.30. The van der Waals surface area contributed by atoms with Crippen molar-refractivity contribution < 1.29 is 4.74 Å². The summed E-state index contributed by atoms with van der Waals surface area (Å²) in [4.78, 5) is 6.89. The number of benzene rings is 1. The van der Waals surface area contributed by atoms with Gasteiger partial charge in [-0.1, -0.05) is 32.0 Å². The van der Waals surface area contributed by atoms with Crippen LogP contribution in [-0.4, -0.2) is 39.7 Å². The average Bonchev–Trinajstić information content (AvgIpc) is 2.97. The highest BCUT2D eigenvalue weighted by Crippen LogP contribution is 2.24. The molecule has 0 amide bonds. The molecule has 2 aromatic rings. The molecular weight excluding hydrogens is 286 g/mol. The number of aromatic nitrogens is 2. The summed E-state index contributed by atoms with van der Waals surface area (Å²) in [5.74, 6) is 2.22. The monoisotopic (exact) mass is 313 g/mol. The van der Waals surface area contributed by atoms with Gasteiger partial charge in [0.2, 0.25) is 0 Å². The van der Waals surface area contributed by atoms with Crippen molar-refractivity contribution in [3.05, 3.63) is 48.0 Å². The van der Waals surface area contributed by atoms with Gasteiger partial charge >= 0.3 is 0 Å². The molecule has 1 saturated heterocycles. The van der Waals surface area contributed by atoms with Crippen LogP contribution >= 0.6 is 0 Å². The Morgan fingerprint density at radius 1 is 1.22 bits per heavy atom. The molecule has 0 spiro atoms. The molecule has 0 radical (unpaired) electrons. The van der Waals surface area contributed by atoms with E-state index in [0.29, 0.717) is 12.1 Å². The smallest absolute Gasteiger partial charge is 0.124 e. The molecule has 124 valence electrons. The van der Waals surface area contributed by atoms with Crippen LogP contribution in [0.3, 0.4) is 0 Å². The fraction of sp³-hybridized carbons (Fsp3) is 0.526. The Morgan fingerprint density at radius 2 is 2.00 bits per heavy atom. The van der Waals surface area contributed by atoms with E-state index < -0.39 is 0 Å². The molecule has 1 aromatic carbocycles. The van der Waals surface area contributed by atoms with Gasteiger partial charge in [0, 0.05) is 44.5 Å². The first-order valence-corrected chi connectivity index (χ1v) is 8.69. The fourth-order valence-corrected chi connectivity index (χ4v) is 3.22. The third-order valence-electron chi connectivity index (χ3n) is 4.73. The van der Waals surface area contributed by atoms with Gasteiger partial charge in [0.15, 0.2) is 0 Å². The lowest BCUT2D eigenvalue weighted by Gasteiger charge is -2.43. The highest BCUT2D eigenvalue weighted by atomic mass is 16.5. The Morgan fingerprint density at radius 3 is 2.74 bits per heavy atom. The van der Waals surface area contributed by atoms with Crippen LogP contribution in [0.4, 0.5) is 0 Å². The van der Waals surface area contributed by atoms with E-state index in [1.165, 1.54) is 11.4 Å². The molecule has 1 unspecified atom stereocenters. The Bertz CT molecular complexity index is 631. The maximum absolute atomic E-state index is 6.17. The van der Waals surface area contributed by atoms with E-state index >= 15 is 0 Å². The maximum Gasteiger partial charge on any atom is 0.124 e. The predicted molar refractivity (Wildman–Crippen MR) is 92.9 cm³/mol. The normalized spacial score (nSPS) is 17.0. The Kier molecular flexibility index (Phi) is 5.01. The molecule has 2 heterocycles. The lowest BCUT2D eigenvalue weighted by molar-refractivity contribution is -0.00920. The zero-order valence-electron chi connectivity index (χ0n) is 14.4. The van der Waals surface area contributed by atoms with Crippen LogP contribution in [-0.2, 0) is 19.4 Å². The summed E-state index contributed by atoms with van der Waals surface area (Å²) < 4.78 is 8.44. The lowest BCUT2D eigenvalue weighted by Crippen LogP contribution is -2.57. The fourth-order valence-electron chi connectivity index (χ4n) is 3.22. The Balaban J connectivity index is 1.50. The number of rotatable bonds is 7. The second-order valence-electron chi connectivity index (χ2n) is 6.35. The van der Waals surface area contributed by atoms with Gasteiger partial charge in [-0.05, 0) is 25.0 Å². The molecular formula is C19H27N3O. The molecule has 1 fully saturated rings. The van der Waals surface area contributed by atoms with E-state index in [0.717, 1.165) is 38.2 Å². The SMILES string of the molecule is CCc1ccccc1OC1CN(C(C)Cn2ccnc2CC)C1. The van der Waals surface area contributed by atoms with Crippen molar-refractivity contribution in [1.29, 1.82) is 0 Å². The molecule has 23 heavy (non-hydrogen) atoms. The number of nitrogens with zero attached hydrogens (tertiary/aromatic N) is 3. The predicted octanol–water partition coefficient (Wildman–Crippen LogP) is 3.16. The topological polar surface area (TPSA) is 30.3 Å². The first-order valence-electron chi connectivity index (χ1n) is 8.69. The molecule has 1 atom stereocenters. The Hall–Kier alpha value is -1.81. The van der Waals surface area contributed by atoms with Crippen LogP contribution in [0.5, 0.6) is 5.75 Å². The number of aryl methyl sites for hydroxylation is 2. The van der Waals surface area contributed by atoms with Gasteiger partial charge < -0.3 is 9.30 Å². The third-order valence-corrected chi connectivity index (χ3v) is 4.73. The summed E-state index contributed by atoms with van der Waals surface area (Å²) in [7, 11) is 0. The van der Waals surface area contributed by atoms with Gasteiger partial charge in [0.05, 0.1) is 0 Å². The number of ether oxygens (including phenoxy) is 1. The van der Waals surface area contributed by atoms with Gasteiger partial charge in [-0.15, -0.1) is 0 Å². The minimum atomic E-state index is 0.318. The molecule has 0 bridgehead atoms. The molecule has 1 aliphatic rings. The van der Waals surface area contributed by atoms with Crippen LogP contribution in [0.2, 0.25) is 0 Å². The highest BCUT2D eigenvalue weighted by molar-refractivity contribution is 5.33. The zero-order valence-corrected chi connectivity index (χ0v) is 14.4. The second kappa shape index (κ2) is 7.18. The van der Waals surface area contributed by atoms with Gasteiger partial charge in [0.25, 0.3) is 0 Å². The van der Waals surface area contributed by atoms with Crippen molar-refractivity contribution in [2.45, 2.75) is 52.3 Å². The van der Waals surface area contributed by atoms with Crippen molar-refractivity contribution in [3.8, 4) is 5.75 Å². The van der Waals surface area contributed by atoms with Crippen LogP contribution in [0.15, 0.2) is 36.7 Å². The number of imidazole rings is 1. The van der Waals surface area contributed by atoms with Gasteiger partial charge in [-0.3, -0.25) is 4.90 Å². The average molecular weight is 313 g/mol. The minimum absolute atomic E-state index is 0.318. The van der Waals surface area contributed by atoms with E-state index in [1.54, 1.807) is 0 Å². The van der Waals surface area contributed by atoms with Crippen LogP contribution in [0.1, 0.15) is 32.2 Å². The quantitative estimate of drug-likeness (QED) is 0.786. The van der Waals surface area contributed by atoms with Crippen LogP contribution in [0.25, 0.3) is 0 Å². The Labute approximate surface area is 139 Å². The largest absolute Gasteiger partial charge is 0.487 e.